The van der Waals surface area contributed by atoms with Crippen LogP contribution in [0.15, 0.2) is 40.3 Å². The van der Waals surface area contributed by atoms with E-state index in [1.165, 1.54) is 22.5 Å². The molecule has 6 heteroatoms. The van der Waals surface area contributed by atoms with Crippen molar-refractivity contribution in [2.75, 3.05) is 26.2 Å². The topological polar surface area (TPSA) is 53.8 Å². The van der Waals surface area contributed by atoms with E-state index in [-0.39, 0.29) is 11.8 Å². The summed E-state index contributed by atoms with van der Waals surface area (Å²) in [6.45, 7) is 8.74. The van der Waals surface area contributed by atoms with Crippen molar-refractivity contribution in [2.24, 2.45) is 0 Å². The third kappa shape index (κ3) is 3.94. The third-order valence-corrected chi connectivity index (χ3v) is 6.52. The van der Waals surface area contributed by atoms with E-state index in [4.69, 9.17) is 4.42 Å². The predicted octanol–water partition coefficient (Wildman–Crippen LogP) is 4.45. The highest BCUT2D eigenvalue weighted by Crippen LogP contribution is 2.29. The molecule has 0 aliphatic carbocycles. The van der Waals surface area contributed by atoms with Gasteiger partial charge in [0.1, 0.15) is 5.58 Å². The number of furan rings is 1. The molecule has 0 N–H and O–H groups in total. The summed E-state index contributed by atoms with van der Waals surface area (Å²) in [6.07, 6.45) is 2.04. The molecular formula is C23H26N2O3S. The van der Waals surface area contributed by atoms with Crippen LogP contribution in [0.25, 0.3) is 11.0 Å². The van der Waals surface area contributed by atoms with Gasteiger partial charge >= 0.3 is 0 Å². The largest absolute Gasteiger partial charge is 0.464 e. The lowest BCUT2D eigenvalue weighted by Gasteiger charge is -2.34. The van der Waals surface area contributed by atoms with Crippen molar-refractivity contribution in [1.82, 2.24) is 9.80 Å². The fourth-order valence-electron chi connectivity index (χ4n) is 3.99. The summed E-state index contributed by atoms with van der Waals surface area (Å²) < 4.78 is 5.72. The first-order valence-corrected chi connectivity index (χ1v) is 10.9. The minimum atomic E-state index is 0.0597. The second kappa shape index (κ2) is 8.03. The number of rotatable bonds is 4. The molecule has 1 aliphatic rings. The first-order chi connectivity index (χ1) is 13.9. The molecule has 5 nitrogen and oxygen atoms in total. The zero-order valence-electron chi connectivity index (χ0n) is 17.1. The molecule has 1 saturated heterocycles. The van der Waals surface area contributed by atoms with Gasteiger partial charge in [0.2, 0.25) is 5.91 Å². The normalized spacial score (nSPS) is 14.8. The van der Waals surface area contributed by atoms with E-state index in [9.17, 15) is 9.59 Å². The van der Waals surface area contributed by atoms with Gasteiger partial charge in [-0.15, -0.1) is 11.3 Å². The van der Waals surface area contributed by atoms with Crippen molar-refractivity contribution in [3.63, 3.8) is 0 Å². The maximum absolute atomic E-state index is 12.9. The van der Waals surface area contributed by atoms with Crippen LogP contribution in [-0.4, -0.2) is 47.8 Å². The monoisotopic (exact) mass is 410 g/mol. The van der Waals surface area contributed by atoms with Crippen LogP contribution in [-0.2, 0) is 11.2 Å². The van der Waals surface area contributed by atoms with Gasteiger partial charge in [0.05, 0.1) is 17.6 Å². The first kappa shape index (κ1) is 19.7. The van der Waals surface area contributed by atoms with E-state index < -0.39 is 0 Å². The molecule has 0 saturated carbocycles. The second-order valence-electron chi connectivity index (χ2n) is 7.95. The van der Waals surface area contributed by atoms with Crippen molar-refractivity contribution in [2.45, 2.75) is 33.1 Å². The molecule has 1 aliphatic heterocycles. The summed E-state index contributed by atoms with van der Waals surface area (Å²) in [5.41, 5.74) is 4.27. The number of nitrogens with zero attached hydrogens (tertiary/aromatic N) is 2. The molecule has 152 valence electrons. The summed E-state index contributed by atoms with van der Waals surface area (Å²) >= 11 is 1.46. The summed E-state index contributed by atoms with van der Waals surface area (Å²) in [4.78, 5) is 29.8. The van der Waals surface area contributed by atoms with Crippen molar-refractivity contribution in [3.05, 3.63) is 57.5 Å². The van der Waals surface area contributed by atoms with Crippen LogP contribution in [0.5, 0.6) is 0 Å². The Balaban J connectivity index is 1.43. The number of carbonyl (C=O) groups is 2. The third-order valence-electron chi connectivity index (χ3n) is 5.66. The van der Waals surface area contributed by atoms with Gasteiger partial charge in [0.15, 0.2) is 0 Å². The lowest BCUT2D eigenvalue weighted by Crippen LogP contribution is -2.50. The Morgan fingerprint density at radius 3 is 2.52 bits per heavy atom. The number of amides is 2. The van der Waals surface area contributed by atoms with Crippen LogP contribution >= 0.6 is 11.3 Å². The van der Waals surface area contributed by atoms with E-state index in [2.05, 4.69) is 32.9 Å². The van der Waals surface area contributed by atoms with Crippen LogP contribution in [0, 0.1) is 6.92 Å². The van der Waals surface area contributed by atoms with E-state index in [0.29, 0.717) is 38.5 Å². The molecule has 2 amide bonds. The molecule has 3 aromatic rings. The van der Waals surface area contributed by atoms with Crippen LogP contribution in [0.4, 0.5) is 0 Å². The van der Waals surface area contributed by atoms with Crippen LogP contribution < -0.4 is 0 Å². The fourth-order valence-corrected chi connectivity index (χ4v) is 4.68. The summed E-state index contributed by atoms with van der Waals surface area (Å²) in [5.74, 6) is 0.568. The van der Waals surface area contributed by atoms with Crippen molar-refractivity contribution in [1.29, 1.82) is 0 Å². The van der Waals surface area contributed by atoms with Gasteiger partial charge in [0.25, 0.3) is 5.91 Å². The first-order valence-electron chi connectivity index (χ1n) is 10.0. The minimum Gasteiger partial charge on any atom is -0.464 e. The van der Waals surface area contributed by atoms with E-state index in [1.54, 1.807) is 6.26 Å². The molecule has 0 spiro atoms. The molecule has 4 rings (SSSR count). The summed E-state index contributed by atoms with van der Waals surface area (Å²) in [5, 5.41) is 2.94. The maximum Gasteiger partial charge on any atom is 0.264 e. The van der Waals surface area contributed by atoms with E-state index in [0.717, 1.165) is 21.4 Å². The summed E-state index contributed by atoms with van der Waals surface area (Å²) in [6, 6.07) is 7.97. The average Bonchev–Trinajstić information content (AvgIpc) is 3.37. The quantitative estimate of drug-likeness (QED) is 0.638. The highest BCUT2D eigenvalue weighted by atomic mass is 32.1. The number of benzene rings is 1. The van der Waals surface area contributed by atoms with Gasteiger partial charge in [-0.2, -0.15) is 0 Å². The van der Waals surface area contributed by atoms with Crippen molar-refractivity contribution < 1.29 is 14.0 Å². The lowest BCUT2D eigenvalue weighted by molar-refractivity contribution is -0.131. The molecule has 2 aromatic heterocycles. The highest BCUT2D eigenvalue weighted by Gasteiger charge is 2.26. The van der Waals surface area contributed by atoms with Gasteiger partial charge in [-0.1, -0.05) is 19.9 Å². The molecule has 0 unspecified atom stereocenters. The molecule has 0 atom stereocenters. The Hall–Kier alpha value is -2.60. The van der Waals surface area contributed by atoms with Crippen LogP contribution in [0.1, 0.15) is 46.1 Å². The molecular weight excluding hydrogens is 384 g/mol. The Morgan fingerprint density at radius 1 is 1.14 bits per heavy atom. The number of hydrogen-bond acceptors (Lipinski definition) is 4. The molecule has 1 aromatic carbocycles. The van der Waals surface area contributed by atoms with Crippen molar-refractivity contribution in [3.8, 4) is 0 Å². The number of fused-ring (bicyclic) bond motifs is 1. The smallest absolute Gasteiger partial charge is 0.264 e. The van der Waals surface area contributed by atoms with Crippen LogP contribution in [0.2, 0.25) is 0 Å². The second-order valence-corrected chi connectivity index (χ2v) is 8.90. The molecule has 29 heavy (non-hydrogen) atoms. The SMILES string of the molecule is Cc1cc2occ(CC(=O)N3CCN(C(=O)c4cccs4)CC3)c2cc1C(C)C. The number of aryl methyl sites for hydroxylation is 1. The summed E-state index contributed by atoms with van der Waals surface area (Å²) in [7, 11) is 0. The zero-order valence-corrected chi connectivity index (χ0v) is 17.9. The Morgan fingerprint density at radius 2 is 1.86 bits per heavy atom. The van der Waals surface area contributed by atoms with E-state index >= 15 is 0 Å². The Bertz CT molecular complexity index is 1030. The standard InChI is InChI=1S/C23H26N2O3S/c1-15(2)18-13-19-17(14-28-20(19)11-16(18)3)12-22(26)24-6-8-25(9-7-24)23(27)21-5-4-10-29-21/h4-5,10-11,13-15H,6-9,12H2,1-3H3. The zero-order chi connectivity index (χ0) is 20.5. The molecule has 1 fully saturated rings. The van der Waals surface area contributed by atoms with Gasteiger partial charge in [0, 0.05) is 37.1 Å². The van der Waals surface area contributed by atoms with Gasteiger partial charge < -0.3 is 14.2 Å². The van der Waals surface area contributed by atoms with Gasteiger partial charge in [-0.3, -0.25) is 9.59 Å². The molecule has 0 radical (unpaired) electrons. The average molecular weight is 411 g/mol. The number of carbonyl (C=O) groups excluding carboxylic acids is 2. The number of piperazine rings is 1. The minimum absolute atomic E-state index is 0.0597. The number of hydrogen-bond donors (Lipinski definition) is 0. The molecule has 0 bridgehead atoms. The Labute approximate surface area is 174 Å². The van der Waals surface area contributed by atoms with Crippen LogP contribution in [0.3, 0.4) is 0 Å². The Kier molecular flexibility index (Phi) is 5.46. The molecule has 3 heterocycles. The number of thiophene rings is 1. The predicted molar refractivity (Wildman–Crippen MR) is 116 cm³/mol. The highest BCUT2D eigenvalue weighted by molar-refractivity contribution is 7.12. The van der Waals surface area contributed by atoms with E-state index in [1.807, 2.05) is 27.3 Å². The maximum atomic E-state index is 12.9. The van der Waals surface area contributed by atoms with Gasteiger partial charge in [-0.05, 0) is 47.5 Å². The lowest BCUT2D eigenvalue weighted by atomic mass is 9.95. The van der Waals surface area contributed by atoms with Crippen molar-refractivity contribution >= 4 is 34.1 Å². The van der Waals surface area contributed by atoms with Gasteiger partial charge in [-0.25, -0.2) is 0 Å². The fraction of sp³-hybridized carbons (Fsp3) is 0.391.